The van der Waals surface area contributed by atoms with E-state index in [1.54, 1.807) is 16.7 Å². The first-order valence-corrected chi connectivity index (χ1v) is 11.3. The highest BCUT2D eigenvalue weighted by Crippen LogP contribution is 2.36. The number of aryl methyl sites for hydroxylation is 2. The lowest BCUT2D eigenvalue weighted by atomic mass is 9.82. The van der Waals surface area contributed by atoms with Gasteiger partial charge in [0.05, 0.1) is 0 Å². The Labute approximate surface area is 162 Å². The van der Waals surface area contributed by atoms with Crippen molar-refractivity contribution in [1.82, 2.24) is 4.98 Å². The number of thioether (sulfide) groups is 1. The summed E-state index contributed by atoms with van der Waals surface area (Å²) in [6.07, 6.45) is 12.5. The van der Waals surface area contributed by atoms with Gasteiger partial charge in [0.2, 0.25) is 0 Å². The molecule has 0 amide bonds. The van der Waals surface area contributed by atoms with Gasteiger partial charge in [-0.05, 0) is 103 Å². The van der Waals surface area contributed by atoms with E-state index in [4.69, 9.17) is 5.73 Å². The van der Waals surface area contributed by atoms with Crippen molar-refractivity contribution < 1.29 is 0 Å². The number of rotatable bonds is 6. The molecule has 1 fully saturated rings. The van der Waals surface area contributed by atoms with Crippen LogP contribution in [0.25, 0.3) is 0 Å². The fraction of sp³-hybridized carbons (Fsp3) is 0.522. The number of nitrogens with two attached hydrogens (primary N) is 1. The van der Waals surface area contributed by atoms with Gasteiger partial charge in [0.25, 0.3) is 0 Å². The van der Waals surface area contributed by atoms with Crippen LogP contribution in [-0.2, 0) is 19.3 Å². The SMILES string of the molecule is NC1CCC(c2ccc3c(c2)CCC(CSCCc2ccncc2)C3)C1. The van der Waals surface area contributed by atoms with Gasteiger partial charge in [-0.25, -0.2) is 0 Å². The van der Waals surface area contributed by atoms with Crippen LogP contribution in [0.3, 0.4) is 0 Å². The highest BCUT2D eigenvalue weighted by molar-refractivity contribution is 7.99. The molecule has 3 unspecified atom stereocenters. The van der Waals surface area contributed by atoms with Crippen molar-refractivity contribution in [2.24, 2.45) is 11.7 Å². The Hall–Kier alpha value is -1.32. The zero-order valence-corrected chi connectivity index (χ0v) is 16.4. The van der Waals surface area contributed by atoms with E-state index >= 15 is 0 Å². The maximum atomic E-state index is 6.11. The van der Waals surface area contributed by atoms with Crippen LogP contribution in [0.2, 0.25) is 0 Å². The zero-order valence-electron chi connectivity index (χ0n) is 15.6. The second kappa shape index (κ2) is 8.58. The summed E-state index contributed by atoms with van der Waals surface area (Å²) in [5.41, 5.74) is 12.3. The standard InChI is InChI=1S/C23H30N2S/c24-23-6-5-22(15-23)21-4-3-19-13-18(1-2-20(19)14-21)16-26-12-9-17-7-10-25-11-8-17/h3-4,7-8,10-11,14,18,22-23H,1-2,5-6,9,12-13,15-16,24H2. The minimum Gasteiger partial charge on any atom is -0.328 e. The molecule has 2 nitrogen and oxygen atoms in total. The van der Waals surface area contributed by atoms with Gasteiger partial charge >= 0.3 is 0 Å². The molecule has 3 atom stereocenters. The van der Waals surface area contributed by atoms with E-state index in [1.165, 1.54) is 55.6 Å². The van der Waals surface area contributed by atoms with Crippen molar-refractivity contribution in [3.63, 3.8) is 0 Å². The summed E-state index contributed by atoms with van der Waals surface area (Å²) in [5, 5.41) is 0. The predicted molar refractivity (Wildman–Crippen MR) is 112 cm³/mol. The van der Waals surface area contributed by atoms with E-state index in [2.05, 4.69) is 47.1 Å². The summed E-state index contributed by atoms with van der Waals surface area (Å²) < 4.78 is 0. The lowest BCUT2D eigenvalue weighted by Crippen LogP contribution is -2.17. The molecule has 2 aromatic rings. The van der Waals surface area contributed by atoms with Gasteiger partial charge in [0, 0.05) is 18.4 Å². The van der Waals surface area contributed by atoms with Crippen molar-refractivity contribution in [2.45, 2.75) is 56.9 Å². The molecule has 26 heavy (non-hydrogen) atoms. The number of hydrogen-bond donors (Lipinski definition) is 1. The maximum absolute atomic E-state index is 6.11. The number of nitrogens with zero attached hydrogens (tertiary/aromatic N) is 1. The Kier molecular flexibility index (Phi) is 5.96. The minimum absolute atomic E-state index is 0.421. The smallest absolute Gasteiger partial charge is 0.0270 e. The molecule has 1 heterocycles. The third-order valence-electron chi connectivity index (χ3n) is 6.14. The fourth-order valence-electron chi connectivity index (χ4n) is 4.56. The second-order valence-corrected chi connectivity index (χ2v) is 9.24. The number of benzene rings is 1. The van der Waals surface area contributed by atoms with Crippen LogP contribution >= 0.6 is 11.8 Å². The van der Waals surface area contributed by atoms with E-state index in [9.17, 15) is 0 Å². The molecular formula is C23H30N2S. The van der Waals surface area contributed by atoms with Crippen molar-refractivity contribution >= 4 is 11.8 Å². The summed E-state index contributed by atoms with van der Waals surface area (Å²) >= 11 is 2.12. The molecule has 138 valence electrons. The van der Waals surface area contributed by atoms with Crippen LogP contribution in [-0.4, -0.2) is 22.5 Å². The molecule has 2 N–H and O–H groups in total. The largest absolute Gasteiger partial charge is 0.328 e. The summed E-state index contributed by atoms with van der Waals surface area (Å²) in [6, 6.07) is 12.0. The Morgan fingerprint density at radius 3 is 2.73 bits per heavy atom. The molecule has 1 aromatic carbocycles. The number of pyridine rings is 1. The molecule has 2 aliphatic rings. The first-order chi connectivity index (χ1) is 12.8. The summed E-state index contributed by atoms with van der Waals surface area (Å²) in [7, 11) is 0. The average molecular weight is 367 g/mol. The molecule has 0 radical (unpaired) electrons. The zero-order chi connectivity index (χ0) is 17.8. The van der Waals surface area contributed by atoms with Crippen LogP contribution in [0.5, 0.6) is 0 Å². The lowest BCUT2D eigenvalue weighted by Gasteiger charge is -2.25. The van der Waals surface area contributed by atoms with Crippen molar-refractivity contribution in [3.8, 4) is 0 Å². The van der Waals surface area contributed by atoms with Crippen LogP contribution < -0.4 is 5.73 Å². The molecular weight excluding hydrogens is 336 g/mol. The van der Waals surface area contributed by atoms with Crippen LogP contribution in [0.15, 0.2) is 42.7 Å². The van der Waals surface area contributed by atoms with E-state index in [1.807, 2.05) is 12.4 Å². The fourth-order valence-corrected chi connectivity index (χ4v) is 5.72. The Morgan fingerprint density at radius 1 is 1.04 bits per heavy atom. The first-order valence-electron chi connectivity index (χ1n) is 10.1. The second-order valence-electron chi connectivity index (χ2n) is 8.09. The van der Waals surface area contributed by atoms with Gasteiger partial charge in [-0.1, -0.05) is 18.2 Å². The topological polar surface area (TPSA) is 38.9 Å². The summed E-state index contributed by atoms with van der Waals surface area (Å²) in [5.74, 6) is 4.06. The number of aromatic nitrogens is 1. The molecule has 0 bridgehead atoms. The average Bonchev–Trinajstić information content (AvgIpc) is 3.12. The van der Waals surface area contributed by atoms with Gasteiger partial charge < -0.3 is 5.73 Å². The van der Waals surface area contributed by atoms with Crippen molar-refractivity contribution in [3.05, 3.63) is 65.0 Å². The quantitative estimate of drug-likeness (QED) is 0.749. The van der Waals surface area contributed by atoms with Crippen molar-refractivity contribution in [2.75, 3.05) is 11.5 Å². The normalized spacial score (nSPS) is 25.2. The van der Waals surface area contributed by atoms with Crippen LogP contribution in [0.1, 0.15) is 53.9 Å². The summed E-state index contributed by atoms with van der Waals surface area (Å²) in [6.45, 7) is 0. The van der Waals surface area contributed by atoms with Gasteiger partial charge in [0.15, 0.2) is 0 Å². The minimum atomic E-state index is 0.421. The van der Waals surface area contributed by atoms with Gasteiger partial charge in [-0.2, -0.15) is 11.8 Å². The highest BCUT2D eigenvalue weighted by Gasteiger charge is 2.25. The van der Waals surface area contributed by atoms with E-state index in [0.717, 1.165) is 12.3 Å². The van der Waals surface area contributed by atoms with Gasteiger partial charge in [-0.15, -0.1) is 0 Å². The van der Waals surface area contributed by atoms with Crippen LogP contribution in [0.4, 0.5) is 0 Å². The molecule has 1 saturated carbocycles. The Balaban J connectivity index is 1.26. The van der Waals surface area contributed by atoms with Gasteiger partial charge in [0.1, 0.15) is 0 Å². The Bertz CT molecular complexity index is 715. The summed E-state index contributed by atoms with van der Waals surface area (Å²) in [4.78, 5) is 4.09. The predicted octanol–water partition coefficient (Wildman–Crippen LogP) is 4.76. The third-order valence-corrected chi connectivity index (χ3v) is 7.34. The van der Waals surface area contributed by atoms with E-state index in [0.29, 0.717) is 12.0 Å². The molecule has 0 aliphatic heterocycles. The molecule has 0 spiro atoms. The molecule has 2 aliphatic carbocycles. The lowest BCUT2D eigenvalue weighted by molar-refractivity contribution is 0.508. The van der Waals surface area contributed by atoms with E-state index in [-0.39, 0.29) is 0 Å². The van der Waals surface area contributed by atoms with Crippen molar-refractivity contribution in [1.29, 1.82) is 0 Å². The number of hydrogen-bond acceptors (Lipinski definition) is 3. The number of fused-ring (bicyclic) bond motifs is 1. The maximum Gasteiger partial charge on any atom is 0.0270 e. The molecule has 1 aromatic heterocycles. The highest BCUT2D eigenvalue weighted by atomic mass is 32.2. The Morgan fingerprint density at radius 2 is 1.92 bits per heavy atom. The van der Waals surface area contributed by atoms with Gasteiger partial charge in [-0.3, -0.25) is 4.98 Å². The molecule has 4 rings (SSSR count). The monoisotopic (exact) mass is 366 g/mol. The van der Waals surface area contributed by atoms with E-state index < -0.39 is 0 Å². The molecule has 3 heteroatoms. The first kappa shape index (κ1) is 18.1. The molecule has 0 saturated heterocycles. The third kappa shape index (κ3) is 4.50. The van der Waals surface area contributed by atoms with Crippen LogP contribution in [0, 0.1) is 5.92 Å².